The first-order valence-corrected chi connectivity index (χ1v) is 6.44. The van der Waals surface area contributed by atoms with E-state index >= 15 is 0 Å². The molecule has 0 heterocycles. The summed E-state index contributed by atoms with van der Waals surface area (Å²) in [5, 5.41) is 3.27. The summed E-state index contributed by atoms with van der Waals surface area (Å²) in [6.45, 7) is 7.82. The molecule has 1 rings (SSSR count). The van der Waals surface area contributed by atoms with Crippen LogP contribution in [0.3, 0.4) is 0 Å². The van der Waals surface area contributed by atoms with E-state index in [1.54, 1.807) is 0 Å². The van der Waals surface area contributed by atoms with Crippen molar-refractivity contribution in [2.75, 3.05) is 0 Å². The first-order valence-electron chi connectivity index (χ1n) is 6.44. The molecule has 18 heavy (non-hydrogen) atoms. The van der Waals surface area contributed by atoms with Crippen molar-refractivity contribution in [3.63, 3.8) is 0 Å². The van der Waals surface area contributed by atoms with Gasteiger partial charge in [0.1, 0.15) is 0 Å². The number of benzene rings is 1. The number of carbonyl (C=O) groups is 1. The van der Waals surface area contributed by atoms with Gasteiger partial charge >= 0.3 is 0 Å². The molecular formula is C15H24N2O. The summed E-state index contributed by atoms with van der Waals surface area (Å²) in [5.41, 5.74) is 7.31. The van der Waals surface area contributed by atoms with Crippen LogP contribution in [0.5, 0.6) is 0 Å². The van der Waals surface area contributed by atoms with Gasteiger partial charge in [0.2, 0.25) is 5.91 Å². The van der Waals surface area contributed by atoms with Crippen LogP contribution in [0.25, 0.3) is 0 Å². The Kier molecular flexibility index (Phi) is 4.91. The third-order valence-corrected chi connectivity index (χ3v) is 3.17. The average molecular weight is 248 g/mol. The topological polar surface area (TPSA) is 55.1 Å². The van der Waals surface area contributed by atoms with Crippen LogP contribution in [0.2, 0.25) is 0 Å². The summed E-state index contributed by atoms with van der Waals surface area (Å²) in [6, 6.07) is 8.77. The minimum absolute atomic E-state index is 0.257. The minimum atomic E-state index is -0.647. The molecule has 0 saturated carbocycles. The Morgan fingerprint density at radius 3 is 2.67 bits per heavy atom. The molecule has 1 unspecified atom stereocenters. The van der Waals surface area contributed by atoms with Crippen LogP contribution < -0.4 is 11.1 Å². The van der Waals surface area contributed by atoms with E-state index in [0.717, 1.165) is 12.8 Å². The van der Waals surface area contributed by atoms with Crippen LogP contribution in [0.15, 0.2) is 24.3 Å². The van der Waals surface area contributed by atoms with Gasteiger partial charge in [-0.2, -0.15) is 0 Å². The Balaban J connectivity index is 2.47. The highest BCUT2D eigenvalue weighted by molar-refractivity contribution is 5.83. The highest BCUT2D eigenvalue weighted by Crippen LogP contribution is 2.10. The molecule has 3 heteroatoms. The molecule has 100 valence electrons. The van der Waals surface area contributed by atoms with E-state index in [0.29, 0.717) is 0 Å². The largest absolute Gasteiger partial charge is 0.368 e. The quantitative estimate of drug-likeness (QED) is 0.810. The Labute approximate surface area is 110 Å². The van der Waals surface area contributed by atoms with E-state index in [1.165, 1.54) is 11.1 Å². The Bertz CT molecular complexity index is 413. The number of hydrogen-bond acceptors (Lipinski definition) is 2. The maximum Gasteiger partial charge on any atom is 0.237 e. The fraction of sp³-hybridized carbons (Fsp3) is 0.533. The van der Waals surface area contributed by atoms with Gasteiger partial charge in [-0.3, -0.25) is 4.79 Å². The molecule has 3 nitrogen and oxygen atoms in total. The van der Waals surface area contributed by atoms with Crippen molar-refractivity contribution in [2.24, 2.45) is 5.73 Å². The highest BCUT2D eigenvalue weighted by Gasteiger charge is 2.25. The molecule has 1 amide bonds. The summed E-state index contributed by atoms with van der Waals surface area (Å²) >= 11 is 0. The zero-order valence-corrected chi connectivity index (χ0v) is 11.8. The van der Waals surface area contributed by atoms with E-state index in [1.807, 2.05) is 13.8 Å². The van der Waals surface area contributed by atoms with Gasteiger partial charge in [0.05, 0.1) is 5.54 Å². The fourth-order valence-electron chi connectivity index (χ4n) is 2.01. The molecule has 0 bridgehead atoms. The van der Waals surface area contributed by atoms with Crippen LogP contribution in [0.4, 0.5) is 0 Å². The van der Waals surface area contributed by atoms with Crippen molar-refractivity contribution in [3.8, 4) is 0 Å². The average Bonchev–Trinajstić information content (AvgIpc) is 2.25. The van der Waals surface area contributed by atoms with Crippen molar-refractivity contribution in [2.45, 2.75) is 52.1 Å². The van der Waals surface area contributed by atoms with Gasteiger partial charge in [0.25, 0.3) is 0 Å². The summed E-state index contributed by atoms with van der Waals surface area (Å²) in [6.07, 6.45) is 1.99. The molecule has 1 aromatic carbocycles. The number of hydrogen-bond donors (Lipinski definition) is 2. The number of nitrogens with one attached hydrogen (secondary N) is 1. The normalized spacial score (nSPS) is 13.3. The molecule has 0 aliphatic heterocycles. The van der Waals surface area contributed by atoms with Crippen molar-refractivity contribution in [1.29, 1.82) is 0 Å². The van der Waals surface area contributed by atoms with E-state index < -0.39 is 5.54 Å². The Hall–Kier alpha value is -1.35. The zero-order chi connectivity index (χ0) is 13.8. The lowest BCUT2D eigenvalue weighted by atomic mass is 10.00. The van der Waals surface area contributed by atoms with Gasteiger partial charge in [-0.15, -0.1) is 0 Å². The minimum Gasteiger partial charge on any atom is -0.368 e. The zero-order valence-electron chi connectivity index (χ0n) is 11.8. The molecule has 0 aliphatic carbocycles. The lowest BCUT2D eigenvalue weighted by Gasteiger charge is -2.27. The summed E-state index contributed by atoms with van der Waals surface area (Å²) in [4.78, 5) is 11.2. The molecule has 3 N–H and O–H groups in total. The number of carbonyl (C=O) groups excluding carboxylic acids is 1. The Morgan fingerprint density at radius 2 is 2.11 bits per heavy atom. The van der Waals surface area contributed by atoms with Gasteiger partial charge in [-0.1, -0.05) is 29.8 Å². The van der Waals surface area contributed by atoms with E-state index in [2.05, 4.69) is 43.4 Å². The third kappa shape index (κ3) is 4.49. The SMILES string of the molecule is Cc1cccc(CCC(C)NC(C)(C)C(N)=O)c1. The molecule has 1 atom stereocenters. The molecular weight excluding hydrogens is 224 g/mol. The summed E-state index contributed by atoms with van der Waals surface area (Å²) in [5.74, 6) is -0.315. The third-order valence-electron chi connectivity index (χ3n) is 3.17. The van der Waals surface area contributed by atoms with Gasteiger partial charge in [0.15, 0.2) is 0 Å². The molecule has 1 aromatic rings. The van der Waals surface area contributed by atoms with Crippen molar-refractivity contribution in [3.05, 3.63) is 35.4 Å². The standard InChI is InChI=1S/C15H24N2O/c1-11-6-5-7-13(10-11)9-8-12(2)17-15(3,4)14(16)18/h5-7,10,12,17H,8-9H2,1-4H3,(H2,16,18). The fourth-order valence-corrected chi connectivity index (χ4v) is 2.01. The maximum atomic E-state index is 11.2. The number of nitrogens with two attached hydrogens (primary N) is 1. The molecule has 0 aliphatic rings. The van der Waals surface area contributed by atoms with E-state index in [-0.39, 0.29) is 11.9 Å². The van der Waals surface area contributed by atoms with Crippen LogP contribution in [-0.2, 0) is 11.2 Å². The summed E-state index contributed by atoms with van der Waals surface area (Å²) in [7, 11) is 0. The van der Waals surface area contributed by atoms with Crippen molar-refractivity contribution >= 4 is 5.91 Å². The molecule has 0 aromatic heterocycles. The van der Waals surface area contributed by atoms with Gasteiger partial charge in [0, 0.05) is 6.04 Å². The second-order valence-corrected chi connectivity index (χ2v) is 5.56. The highest BCUT2D eigenvalue weighted by atomic mass is 16.1. The lowest BCUT2D eigenvalue weighted by Crippen LogP contribution is -2.53. The second-order valence-electron chi connectivity index (χ2n) is 5.56. The van der Waals surface area contributed by atoms with Crippen LogP contribution in [-0.4, -0.2) is 17.5 Å². The molecule has 0 fully saturated rings. The molecule has 0 saturated heterocycles. The number of aryl methyl sites for hydroxylation is 2. The molecule has 0 spiro atoms. The van der Waals surface area contributed by atoms with Gasteiger partial charge in [-0.05, 0) is 46.1 Å². The van der Waals surface area contributed by atoms with Crippen molar-refractivity contribution in [1.82, 2.24) is 5.32 Å². The molecule has 0 radical (unpaired) electrons. The predicted octanol–water partition coefficient (Wildman–Crippen LogP) is 2.17. The monoisotopic (exact) mass is 248 g/mol. The van der Waals surface area contributed by atoms with E-state index in [9.17, 15) is 4.79 Å². The number of primary amides is 1. The smallest absolute Gasteiger partial charge is 0.237 e. The first-order chi connectivity index (χ1) is 8.31. The van der Waals surface area contributed by atoms with Crippen molar-refractivity contribution < 1.29 is 4.79 Å². The Morgan fingerprint density at radius 1 is 1.44 bits per heavy atom. The lowest BCUT2D eigenvalue weighted by molar-refractivity contribution is -0.123. The van der Waals surface area contributed by atoms with Crippen LogP contribution >= 0.6 is 0 Å². The predicted molar refractivity (Wildman–Crippen MR) is 75.4 cm³/mol. The second kappa shape index (κ2) is 6.01. The van der Waals surface area contributed by atoms with Gasteiger partial charge < -0.3 is 11.1 Å². The number of rotatable bonds is 6. The number of amides is 1. The first kappa shape index (κ1) is 14.7. The summed E-state index contributed by atoms with van der Waals surface area (Å²) < 4.78 is 0. The van der Waals surface area contributed by atoms with Crippen LogP contribution in [0, 0.1) is 6.92 Å². The van der Waals surface area contributed by atoms with E-state index in [4.69, 9.17) is 5.73 Å². The van der Waals surface area contributed by atoms with Crippen LogP contribution in [0.1, 0.15) is 38.3 Å². The van der Waals surface area contributed by atoms with Gasteiger partial charge in [-0.25, -0.2) is 0 Å². The maximum absolute atomic E-state index is 11.2.